The molecule has 1 aromatic carbocycles. The number of fused-ring (bicyclic) bond motifs is 1. The molecule has 0 atom stereocenters. The monoisotopic (exact) mass is 358 g/mol. The Morgan fingerprint density at radius 3 is 2.60 bits per heavy atom. The van der Waals surface area contributed by atoms with Gasteiger partial charge in [0.1, 0.15) is 17.3 Å². The molecule has 0 bridgehead atoms. The number of thiophene rings is 1. The molecule has 25 heavy (non-hydrogen) atoms. The molecule has 0 fully saturated rings. The first-order chi connectivity index (χ1) is 12.0. The predicted octanol–water partition coefficient (Wildman–Crippen LogP) is 3.10. The van der Waals surface area contributed by atoms with Crippen LogP contribution in [0.4, 0.5) is 0 Å². The summed E-state index contributed by atoms with van der Waals surface area (Å²) in [5, 5.41) is 0.603. The Balaban J connectivity index is 1.73. The molecule has 0 unspecified atom stereocenters. The van der Waals surface area contributed by atoms with Crippen LogP contribution in [0.25, 0.3) is 10.2 Å². The molecule has 0 aliphatic heterocycles. The summed E-state index contributed by atoms with van der Waals surface area (Å²) in [4.78, 5) is 33.1. The average Bonchev–Trinajstić information content (AvgIpc) is 2.88. The molecule has 7 heteroatoms. The third-order valence-electron chi connectivity index (χ3n) is 3.93. The number of carbonyl (C=O) groups is 1. The molecule has 130 valence electrons. The number of aromatic amines is 1. The fourth-order valence-electron chi connectivity index (χ4n) is 2.49. The van der Waals surface area contributed by atoms with Gasteiger partial charge in [0.25, 0.3) is 5.56 Å². The Morgan fingerprint density at radius 1 is 1.20 bits per heavy atom. The van der Waals surface area contributed by atoms with Gasteiger partial charge >= 0.3 is 5.97 Å². The molecule has 6 nitrogen and oxygen atoms in total. The number of nitrogens with one attached hydrogen (secondary N) is 1. The molecule has 0 saturated carbocycles. The van der Waals surface area contributed by atoms with Gasteiger partial charge in [0.05, 0.1) is 17.6 Å². The second-order valence-corrected chi connectivity index (χ2v) is 6.89. The summed E-state index contributed by atoms with van der Waals surface area (Å²) in [5.41, 5.74) is 2.14. The van der Waals surface area contributed by atoms with Gasteiger partial charge in [-0.05, 0) is 37.1 Å². The van der Waals surface area contributed by atoms with Crippen LogP contribution in [0, 0.1) is 13.8 Å². The van der Waals surface area contributed by atoms with Gasteiger partial charge in [-0.1, -0.05) is 12.1 Å². The fourth-order valence-corrected chi connectivity index (χ4v) is 3.54. The van der Waals surface area contributed by atoms with Crippen LogP contribution in [0.2, 0.25) is 0 Å². The molecule has 3 aromatic rings. The largest absolute Gasteiger partial charge is 0.454 e. The number of ether oxygens (including phenoxy) is 2. The molecule has 2 heterocycles. The number of rotatable bonds is 5. The number of hydrogen-bond acceptors (Lipinski definition) is 6. The van der Waals surface area contributed by atoms with E-state index < -0.39 is 5.97 Å². The quantitative estimate of drug-likeness (QED) is 0.709. The number of carbonyl (C=O) groups excluding carboxylic acids is 1. The Morgan fingerprint density at radius 2 is 1.92 bits per heavy atom. The van der Waals surface area contributed by atoms with Crippen LogP contribution >= 0.6 is 11.3 Å². The van der Waals surface area contributed by atoms with Gasteiger partial charge in [-0.25, -0.2) is 9.78 Å². The second kappa shape index (κ2) is 7.16. The number of H-pyrrole nitrogens is 1. The first-order valence-corrected chi connectivity index (χ1v) is 8.55. The van der Waals surface area contributed by atoms with Gasteiger partial charge in [-0.2, -0.15) is 0 Å². The van der Waals surface area contributed by atoms with E-state index in [4.69, 9.17) is 9.47 Å². The third-order valence-corrected chi connectivity index (χ3v) is 5.03. The molecule has 2 aromatic heterocycles. The van der Waals surface area contributed by atoms with Crippen LogP contribution in [-0.2, 0) is 22.7 Å². The summed E-state index contributed by atoms with van der Waals surface area (Å²) in [6, 6.07) is 6.98. The van der Waals surface area contributed by atoms with Crippen molar-refractivity contribution in [1.29, 1.82) is 0 Å². The van der Waals surface area contributed by atoms with E-state index in [1.165, 1.54) is 11.3 Å². The zero-order valence-electron chi connectivity index (χ0n) is 14.2. The van der Waals surface area contributed by atoms with Gasteiger partial charge < -0.3 is 14.5 Å². The van der Waals surface area contributed by atoms with Gasteiger partial charge in [-0.3, -0.25) is 4.79 Å². The van der Waals surface area contributed by atoms with Crippen molar-refractivity contribution >= 4 is 27.5 Å². The molecule has 3 rings (SSSR count). The molecule has 0 aliphatic rings. The van der Waals surface area contributed by atoms with Crippen LogP contribution in [-0.4, -0.2) is 23.0 Å². The van der Waals surface area contributed by atoms with Gasteiger partial charge in [-0.15, -0.1) is 11.3 Å². The zero-order valence-corrected chi connectivity index (χ0v) is 15.0. The van der Waals surface area contributed by atoms with Crippen molar-refractivity contribution in [2.75, 3.05) is 7.11 Å². The van der Waals surface area contributed by atoms with E-state index in [1.807, 2.05) is 26.0 Å². The molecule has 0 spiro atoms. The summed E-state index contributed by atoms with van der Waals surface area (Å²) >= 11 is 1.46. The highest BCUT2D eigenvalue weighted by Gasteiger charge is 2.13. The van der Waals surface area contributed by atoms with E-state index in [2.05, 4.69) is 9.97 Å². The Bertz CT molecular complexity index is 973. The van der Waals surface area contributed by atoms with E-state index in [1.54, 1.807) is 19.2 Å². The summed E-state index contributed by atoms with van der Waals surface area (Å²) in [5.74, 6) is -0.131. The maximum Gasteiger partial charge on any atom is 0.338 e. The minimum absolute atomic E-state index is 0.0835. The summed E-state index contributed by atoms with van der Waals surface area (Å²) in [7, 11) is 1.61. The van der Waals surface area contributed by atoms with Crippen LogP contribution in [0.15, 0.2) is 29.1 Å². The van der Waals surface area contributed by atoms with Gasteiger partial charge in [0, 0.05) is 12.0 Å². The summed E-state index contributed by atoms with van der Waals surface area (Å²) in [6.45, 7) is 4.26. The minimum atomic E-state index is -0.467. The number of aromatic nitrogens is 2. The van der Waals surface area contributed by atoms with Crippen molar-refractivity contribution in [2.45, 2.75) is 27.1 Å². The van der Waals surface area contributed by atoms with Crippen molar-refractivity contribution < 1.29 is 14.3 Å². The van der Waals surface area contributed by atoms with Crippen LogP contribution in [0.3, 0.4) is 0 Å². The highest BCUT2D eigenvalue weighted by atomic mass is 32.1. The SMILES string of the molecule is COCc1ccc(C(=O)OCc2nc3sc(C)c(C)c3c(=O)[nH]2)cc1. The van der Waals surface area contributed by atoms with Crippen molar-refractivity contribution in [1.82, 2.24) is 9.97 Å². The number of nitrogens with zero attached hydrogens (tertiary/aromatic N) is 1. The lowest BCUT2D eigenvalue weighted by Crippen LogP contribution is -2.14. The Hall–Kier alpha value is -2.51. The lowest BCUT2D eigenvalue weighted by atomic mass is 10.1. The van der Waals surface area contributed by atoms with E-state index in [0.29, 0.717) is 28.2 Å². The maximum atomic E-state index is 12.2. The standard InChI is InChI=1S/C18H18N2O4S/c1-10-11(2)25-17-15(10)16(21)19-14(20-17)9-24-18(22)13-6-4-12(5-7-13)8-23-3/h4-7H,8-9H2,1-3H3,(H,19,20,21). The topological polar surface area (TPSA) is 81.3 Å². The molecule has 1 N–H and O–H groups in total. The highest BCUT2D eigenvalue weighted by molar-refractivity contribution is 7.18. The van der Waals surface area contributed by atoms with E-state index in [0.717, 1.165) is 16.0 Å². The molecular weight excluding hydrogens is 340 g/mol. The second-order valence-electron chi connectivity index (χ2n) is 5.68. The normalized spacial score (nSPS) is 11.0. The lowest BCUT2D eigenvalue weighted by molar-refractivity contribution is 0.0462. The molecular formula is C18H18N2O4S. The van der Waals surface area contributed by atoms with E-state index >= 15 is 0 Å². The fraction of sp³-hybridized carbons (Fsp3) is 0.278. The van der Waals surface area contributed by atoms with E-state index in [-0.39, 0.29) is 12.2 Å². The first-order valence-electron chi connectivity index (χ1n) is 7.73. The molecule has 0 saturated heterocycles. The number of esters is 1. The molecule has 0 radical (unpaired) electrons. The Labute approximate surface area is 148 Å². The van der Waals surface area contributed by atoms with Crippen molar-refractivity contribution in [2.24, 2.45) is 0 Å². The lowest BCUT2D eigenvalue weighted by Gasteiger charge is -2.05. The smallest absolute Gasteiger partial charge is 0.338 e. The van der Waals surface area contributed by atoms with Crippen LogP contribution in [0.5, 0.6) is 0 Å². The van der Waals surface area contributed by atoms with Crippen LogP contribution < -0.4 is 5.56 Å². The zero-order chi connectivity index (χ0) is 18.0. The first kappa shape index (κ1) is 17.3. The van der Waals surface area contributed by atoms with Gasteiger partial charge in [0.15, 0.2) is 0 Å². The predicted molar refractivity (Wildman–Crippen MR) is 96.0 cm³/mol. The number of methoxy groups -OCH3 is 1. The maximum absolute atomic E-state index is 12.2. The summed E-state index contributed by atoms with van der Waals surface area (Å²) < 4.78 is 10.3. The third kappa shape index (κ3) is 3.62. The summed E-state index contributed by atoms with van der Waals surface area (Å²) in [6.07, 6.45) is 0. The Kier molecular flexibility index (Phi) is 4.96. The molecule has 0 aliphatic carbocycles. The average molecular weight is 358 g/mol. The van der Waals surface area contributed by atoms with Crippen molar-refractivity contribution in [3.8, 4) is 0 Å². The number of aryl methyl sites for hydroxylation is 2. The number of hydrogen-bond donors (Lipinski definition) is 1. The van der Waals surface area contributed by atoms with Crippen molar-refractivity contribution in [3.05, 3.63) is 62.0 Å². The van der Waals surface area contributed by atoms with Crippen LogP contribution in [0.1, 0.15) is 32.2 Å². The van der Waals surface area contributed by atoms with Crippen molar-refractivity contribution in [3.63, 3.8) is 0 Å². The molecule has 0 amide bonds. The highest BCUT2D eigenvalue weighted by Crippen LogP contribution is 2.25. The number of benzene rings is 1. The van der Waals surface area contributed by atoms with E-state index in [9.17, 15) is 9.59 Å². The minimum Gasteiger partial charge on any atom is -0.454 e. The van der Waals surface area contributed by atoms with Gasteiger partial charge in [0.2, 0.25) is 0 Å².